The van der Waals surface area contributed by atoms with E-state index < -0.39 is 5.60 Å². The molecule has 1 aliphatic carbocycles. The van der Waals surface area contributed by atoms with Crippen LogP contribution in [0.15, 0.2) is 48.5 Å². The van der Waals surface area contributed by atoms with E-state index in [-0.39, 0.29) is 11.9 Å². The number of benzene rings is 3. The van der Waals surface area contributed by atoms with Crippen LogP contribution in [0.1, 0.15) is 69.9 Å². The summed E-state index contributed by atoms with van der Waals surface area (Å²) in [6.45, 7) is 8.07. The van der Waals surface area contributed by atoms with Crippen molar-refractivity contribution in [1.29, 1.82) is 0 Å². The highest BCUT2D eigenvalue weighted by Gasteiger charge is 2.34. The molecule has 2 unspecified atom stereocenters. The smallest absolute Gasteiger partial charge is 0.313 e. The van der Waals surface area contributed by atoms with Crippen LogP contribution in [-0.2, 0) is 9.53 Å². The Hall–Kier alpha value is -2.35. The lowest BCUT2D eigenvalue weighted by Crippen LogP contribution is -2.30. The molecule has 0 saturated carbocycles. The molecule has 4 rings (SSSR count). The lowest BCUT2D eigenvalue weighted by molar-refractivity contribution is -0.157. The molecular weight excluding hydrogens is 332 g/mol. The summed E-state index contributed by atoms with van der Waals surface area (Å²) in [5, 5.41) is 5.13. The highest BCUT2D eigenvalue weighted by molar-refractivity contribution is 6.09. The van der Waals surface area contributed by atoms with E-state index in [0.29, 0.717) is 5.92 Å². The van der Waals surface area contributed by atoms with Gasteiger partial charge in [0.05, 0.1) is 5.92 Å². The molecule has 1 aliphatic rings. The van der Waals surface area contributed by atoms with Crippen LogP contribution in [0.3, 0.4) is 0 Å². The van der Waals surface area contributed by atoms with Gasteiger partial charge in [-0.1, -0.05) is 55.5 Å². The third kappa shape index (κ3) is 3.22. The van der Waals surface area contributed by atoms with E-state index in [0.717, 1.165) is 19.3 Å². The Morgan fingerprint density at radius 2 is 1.70 bits per heavy atom. The van der Waals surface area contributed by atoms with E-state index in [2.05, 4.69) is 55.5 Å². The first kappa shape index (κ1) is 18.0. The van der Waals surface area contributed by atoms with E-state index in [4.69, 9.17) is 4.74 Å². The number of rotatable bonds is 2. The van der Waals surface area contributed by atoms with Crippen LogP contribution in [0, 0.1) is 0 Å². The topological polar surface area (TPSA) is 26.3 Å². The maximum absolute atomic E-state index is 12.9. The molecule has 0 radical (unpaired) electrons. The van der Waals surface area contributed by atoms with Gasteiger partial charge in [0.2, 0.25) is 0 Å². The van der Waals surface area contributed by atoms with E-state index in [1.54, 1.807) is 0 Å². The molecule has 2 heteroatoms. The Kier molecular flexibility index (Phi) is 4.46. The number of hydrogen-bond donors (Lipinski definition) is 0. The molecular formula is C25H28O2. The van der Waals surface area contributed by atoms with Crippen molar-refractivity contribution in [2.24, 2.45) is 0 Å². The van der Waals surface area contributed by atoms with E-state index in [9.17, 15) is 4.79 Å². The van der Waals surface area contributed by atoms with Gasteiger partial charge in [-0.25, -0.2) is 0 Å². The van der Waals surface area contributed by atoms with Gasteiger partial charge in [0.25, 0.3) is 0 Å². The fraction of sp³-hybridized carbons (Fsp3) is 0.400. The van der Waals surface area contributed by atoms with Crippen molar-refractivity contribution in [2.75, 3.05) is 0 Å². The largest absolute Gasteiger partial charge is 0.459 e. The van der Waals surface area contributed by atoms with Gasteiger partial charge in [-0.3, -0.25) is 4.79 Å². The third-order valence-corrected chi connectivity index (χ3v) is 5.77. The standard InChI is InChI=1S/C25H28O2/c1-5-16-10-13-22(24(26)27-25(2,3)4)21-15-14-19-18-9-7-6-8-17(18)11-12-20(19)23(16)21/h6-9,11-12,14-16,22H,5,10,13H2,1-4H3. The molecule has 0 heterocycles. The van der Waals surface area contributed by atoms with Gasteiger partial charge in [0.1, 0.15) is 5.60 Å². The lowest BCUT2D eigenvalue weighted by Gasteiger charge is -2.33. The highest BCUT2D eigenvalue weighted by atomic mass is 16.6. The van der Waals surface area contributed by atoms with Gasteiger partial charge < -0.3 is 4.74 Å². The molecule has 3 aromatic carbocycles. The molecule has 0 bridgehead atoms. The summed E-state index contributed by atoms with van der Waals surface area (Å²) < 4.78 is 5.75. The molecule has 0 amide bonds. The van der Waals surface area contributed by atoms with Gasteiger partial charge in [-0.05, 0) is 78.6 Å². The normalized spacial score (nSPS) is 19.9. The maximum atomic E-state index is 12.9. The number of esters is 1. The molecule has 0 aliphatic heterocycles. The van der Waals surface area contributed by atoms with Gasteiger partial charge in [-0.2, -0.15) is 0 Å². The summed E-state index contributed by atoms with van der Waals surface area (Å²) in [5.74, 6) is 0.264. The Labute approximate surface area is 161 Å². The Bertz CT molecular complexity index is 1010. The van der Waals surface area contributed by atoms with Crippen molar-refractivity contribution in [3.8, 4) is 0 Å². The first-order valence-electron chi connectivity index (χ1n) is 10.1. The fourth-order valence-corrected chi connectivity index (χ4v) is 4.58. The van der Waals surface area contributed by atoms with Crippen LogP contribution in [0.5, 0.6) is 0 Å². The molecule has 2 nitrogen and oxygen atoms in total. The second-order valence-corrected chi connectivity index (χ2v) is 8.72. The summed E-state index contributed by atoms with van der Waals surface area (Å²) >= 11 is 0. The van der Waals surface area contributed by atoms with Gasteiger partial charge in [0.15, 0.2) is 0 Å². The van der Waals surface area contributed by atoms with Gasteiger partial charge in [-0.15, -0.1) is 0 Å². The zero-order valence-electron chi connectivity index (χ0n) is 16.7. The molecule has 0 spiro atoms. The molecule has 0 aromatic heterocycles. The summed E-state index contributed by atoms with van der Waals surface area (Å²) in [4.78, 5) is 12.9. The first-order valence-corrected chi connectivity index (χ1v) is 10.1. The zero-order valence-corrected chi connectivity index (χ0v) is 16.7. The summed E-state index contributed by atoms with van der Waals surface area (Å²) in [6, 6.07) is 17.4. The van der Waals surface area contributed by atoms with Crippen LogP contribution in [0.2, 0.25) is 0 Å². The van der Waals surface area contributed by atoms with Crippen molar-refractivity contribution in [3.05, 3.63) is 59.7 Å². The molecule has 140 valence electrons. The van der Waals surface area contributed by atoms with Crippen molar-refractivity contribution in [3.63, 3.8) is 0 Å². The highest BCUT2D eigenvalue weighted by Crippen LogP contribution is 2.45. The van der Waals surface area contributed by atoms with Gasteiger partial charge >= 0.3 is 5.97 Å². The summed E-state index contributed by atoms with van der Waals surface area (Å²) in [7, 11) is 0. The minimum absolute atomic E-state index is 0.0848. The third-order valence-electron chi connectivity index (χ3n) is 5.77. The maximum Gasteiger partial charge on any atom is 0.313 e. The zero-order chi connectivity index (χ0) is 19.2. The number of carbonyl (C=O) groups is 1. The van der Waals surface area contributed by atoms with Gasteiger partial charge in [0, 0.05) is 0 Å². The van der Waals surface area contributed by atoms with Crippen LogP contribution in [0.25, 0.3) is 21.5 Å². The van der Waals surface area contributed by atoms with Crippen LogP contribution < -0.4 is 0 Å². The van der Waals surface area contributed by atoms with Crippen LogP contribution in [0.4, 0.5) is 0 Å². The molecule has 0 N–H and O–H groups in total. The minimum atomic E-state index is -0.452. The van der Waals surface area contributed by atoms with Crippen LogP contribution >= 0.6 is 0 Å². The molecule has 3 aromatic rings. The molecule has 0 saturated heterocycles. The minimum Gasteiger partial charge on any atom is -0.459 e. The quantitative estimate of drug-likeness (QED) is 0.375. The van der Waals surface area contributed by atoms with Crippen molar-refractivity contribution in [1.82, 2.24) is 0 Å². The average molecular weight is 360 g/mol. The Morgan fingerprint density at radius 3 is 2.44 bits per heavy atom. The average Bonchev–Trinajstić information content (AvgIpc) is 2.65. The summed E-state index contributed by atoms with van der Waals surface area (Å²) in [6.07, 6.45) is 3.01. The SMILES string of the molecule is CCC1CCC(C(=O)OC(C)(C)C)c2ccc3c(ccc4ccccc43)c21. The fourth-order valence-electron chi connectivity index (χ4n) is 4.58. The number of carbonyl (C=O) groups excluding carboxylic acids is 1. The van der Waals surface area contributed by atoms with E-state index >= 15 is 0 Å². The predicted molar refractivity (Wildman–Crippen MR) is 112 cm³/mol. The second-order valence-electron chi connectivity index (χ2n) is 8.72. The predicted octanol–water partition coefficient (Wildman–Crippen LogP) is 6.71. The van der Waals surface area contributed by atoms with Crippen molar-refractivity contribution >= 4 is 27.5 Å². The summed E-state index contributed by atoms with van der Waals surface area (Å²) in [5.41, 5.74) is 2.08. The van der Waals surface area contributed by atoms with Crippen molar-refractivity contribution < 1.29 is 9.53 Å². The first-order chi connectivity index (χ1) is 12.9. The van der Waals surface area contributed by atoms with E-state index in [1.165, 1.54) is 32.7 Å². The lowest BCUT2D eigenvalue weighted by atomic mass is 9.73. The monoisotopic (exact) mass is 360 g/mol. The molecule has 0 fully saturated rings. The van der Waals surface area contributed by atoms with E-state index in [1.807, 2.05) is 20.8 Å². The van der Waals surface area contributed by atoms with Crippen LogP contribution in [-0.4, -0.2) is 11.6 Å². The number of ether oxygens (including phenoxy) is 1. The molecule has 27 heavy (non-hydrogen) atoms. The number of hydrogen-bond acceptors (Lipinski definition) is 2. The van der Waals surface area contributed by atoms with Crippen molar-refractivity contribution in [2.45, 2.75) is 64.4 Å². The second kappa shape index (κ2) is 6.67. The molecule has 2 atom stereocenters. The Balaban J connectivity index is 1.91. The number of fused-ring (bicyclic) bond motifs is 5. The Morgan fingerprint density at radius 1 is 0.963 bits per heavy atom.